The van der Waals surface area contributed by atoms with Crippen molar-refractivity contribution >= 4 is 48.6 Å². The third-order valence-corrected chi connectivity index (χ3v) is 5.39. The van der Waals surface area contributed by atoms with Crippen LogP contribution in [0.25, 0.3) is 5.70 Å². The Morgan fingerprint density at radius 2 is 2.00 bits per heavy atom. The molecule has 0 atom stereocenters. The van der Waals surface area contributed by atoms with Gasteiger partial charge >= 0.3 is 0 Å². The first-order valence-corrected chi connectivity index (χ1v) is 8.56. The van der Waals surface area contributed by atoms with E-state index in [1.54, 1.807) is 0 Å². The van der Waals surface area contributed by atoms with Crippen molar-refractivity contribution in [1.29, 1.82) is 0 Å². The van der Waals surface area contributed by atoms with Crippen LogP contribution in [-0.2, 0) is 10.0 Å². The molecule has 0 saturated heterocycles. The van der Waals surface area contributed by atoms with E-state index in [-0.39, 0.29) is 5.75 Å². The SMILES string of the molecule is O=S1(=O)CCN2C(c3ccc(Br)cc3)=CSC2=N1. The largest absolute Gasteiger partial charge is 0.318 e. The summed E-state index contributed by atoms with van der Waals surface area (Å²) < 4.78 is 27.7. The number of hydrogen-bond acceptors (Lipinski definition) is 4. The first-order valence-electron chi connectivity index (χ1n) is 5.28. The summed E-state index contributed by atoms with van der Waals surface area (Å²) in [5.41, 5.74) is 2.08. The molecular formula is C11H9BrN2O2S2. The molecule has 2 aliphatic heterocycles. The fourth-order valence-electron chi connectivity index (χ4n) is 1.84. The molecule has 4 nitrogen and oxygen atoms in total. The lowest BCUT2D eigenvalue weighted by atomic mass is 10.1. The summed E-state index contributed by atoms with van der Waals surface area (Å²) in [6.45, 7) is 0.468. The average molecular weight is 345 g/mol. The minimum atomic E-state index is -3.26. The smallest absolute Gasteiger partial charge is 0.257 e. The van der Waals surface area contributed by atoms with Gasteiger partial charge < -0.3 is 4.90 Å². The monoisotopic (exact) mass is 344 g/mol. The van der Waals surface area contributed by atoms with Crippen LogP contribution in [0.15, 0.2) is 38.5 Å². The summed E-state index contributed by atoms with van der Waals surface area (Å²) in [4.78, 5) is 1.95. The standard InChI is InChI=1S/C11H9BrN2O2S2/c12-9-3-1-8(2-4-9)10-7-17-11-13-18(15,16)6-5-14(10)11/h1-4,7H,5-6H2. The van der Waals surface area contributed by atoms with Crippen LogP contribution in [0, 0.1) is 0 Å². The highest BCUT2D eigenvalue weighted by atomic mass is 79.9. The Morgan fingerprint density at radius 3 is 2.72 bits per heavy atom. The molecule has 0 saturated carbocycles. The highest BCUT2D eigenvalue weighted by Gasteiger charge is 2.31. The lowest BCUT2D eigenvalue weighted by Gasteiger charge is -2.25. The summed E-state index contributed by atoms with van der Waals surface area (Å²) in [6, 6.07) is 7.94. The van der Waals surface area contributed by atoms with Gasteiger partial charge in [0.25, 0.3) is 10.0 Å². The second-order valence-electron chi connectivity index (χ2n) is 3.94. The fraction of sp³-hybridized carbons (Fsp3) is 0.182. The number of amidine groups is 1. The molecule has 2 aliphatic rings. The minimum absolute atomic E-state index is 0.0743. The van der Waals surface area contributed by atoms with Crippen molar-refractivity contribution in [3.8, 4) is 0 Å². The van der Waals surface area contributed by atoms with Gasteiger partial charge in [-0.15, -0.1) is 4.40 Å². The second kappa shape index (κ2) is 4.40. The third kappa shape index (κ3) is 2.22. The molecule has 0 fully saturated rings. The van der Waals surface area contributed by atoms with Gasteiger partial charge in [-0.3, -0.25) is 0 Å². The van der Waals surface area contributed by atoms with Gasteiger partial charge in [0, 0.05) is 16.4 Å². The molecule has 0 bridgehead atoms. The first kappa shape index (κ1) is 12.3. The van der Waals surface area contributed by atoms with Gasteiger partial charge in [-0.2, -0.15) is 0 Å². The Morgan fingerprint density at radius 1 is 1.28 bits per heavy atom. The number of benzene rings is 1. The quantitative estimate of drug-likeness (QED) is 0.785. The number of sulfonamides is 1. The molecular weight excluding hydrogens is 336 g/mol. The van der Waals surface area contributed by atoms with E-state index >= 15 is 0 Å². The topological polar surface area (TPSA) is 49.7 Å². The molecule has 0 aliphatic carbocycles. The molecule has 0 unspecified atom stereocenters. The number of nitrogens with zero attached hydrogens (tertiary/aromatic N) is 2. The third-order valence-electron chi connectivity index (χ3n) is 2.73. The molecule has 18 heavy (non-hydrogen) atoms. The Hall–Kier alpha value is -0.790. The highest BCUT2D eigenvalue weighted by molar-refractivity contribution is 9.10. The molecule has 0 amide bonds. The van der Waals surface area contributed by atoms with Crippen LogP contribution in [0.1, 0.15) is 5.56 Å². The van der Waals surface area contributed by atoms with Crippen molar-refractivity contribution in [2.24, 2.45) is 4.40 Å². The summed E-state index contributed by atoms with van der Waals surface area (Å²) in [6.07, 6.45) is 0. The van der Waals surface area contributed by atoms with Gasteiger partial charge in [0.15, 0.2) is 5.17 Å². The summed E-state index contributed by atoms with van der Waals surface area (Å²) in [7, 11) is -3.26. The van der Waals surface area contributed by atoms with Crippen LogP contribution in [0.3, 0.4) is 0 Å². The van der Waals surface area contributed by atoms with E-state index in [0.717, 1.165) is 15.7 Å². The van der Waals surface area contributed by atoms with Gasteiger partial charge in [0.1, 0.15) is 0 Å². The maximum absolute atomic E-state index is 11.4. The van der Waals surface area contributed by atoms with E-state index in [1.165, 1.54) is 11.8 Å². The Balaban J connectivity index is 1.96. The van der Waals surface area contributed by atoms with E-state index < -0.39 is 10.0 Å². The number of rotatable bonds is 1. The van der Waals surface area contributed by atoms with Crippen LogP contribution in [-0.4, -0.2) is 30.8 Å². The second-order valence-corrected chi connectivity index (χ2v) is 7.45. The maximum Gasteiger partial charge on any atom is 0.257 e. The number of fused-ring (bicyclic) bond motifs is 1. The van der Waals surface area contributed by atoms with Crippen molar-refractivity contribution in [1.82, 2.24) is 4.90 Å². The highest BCUT2D eigenvalue weighted by Crippen LogP contribution is 2.35. The molecule has 0 spiro atoms. The molecule has 0 radical (unpaired) electrons. The zero-order valence-corrected chi connectivity index (χ0v) is 12.4. The lowest BCUT2D eigenvalue weighted by molar-refractivity contribution is 0.567. The van der Waals surface area contributed by atoms with Crippen LogP contribution in [0.2, 0.25) is 0 Å². The Labute approximate surface area is 118 Å². The summed E-state index contributed by atoms with van der Waals surface area (Å²) in [5, 5.41) is 2.50. The van der Waals surface area contributed by atoms with Gasteiger partial charge in [-0.05, 0) is 17.7 Å². The van der Waals surface area contributed by atoms with E-state index in [1.807, 2.05) is 34.6 Å². The molecule has 1 aromatic rings. The maximum atomic E-state index is 11.4. The molecule has 0 aromatic heterocycles. The van der Waals surface area contributed by atoms with E-state index in [4.69, 9.17) is 0 Å². The van der Waals surface area contributed by atoms with E-state index in [0.29, 0.717) is 11.7 Å². The molecule has 2 heterocycles. The van der Waals surface area contributed by atoms with Crippen molar-refractivity contribution < 1.29 is 8.42 Å². The zero-order chi connectivity index (χ0) is 12.8. The first-order chi connectivity index (χ1) is 8.55. The predicted octanol–water partition coefficient (Wildman–Crippen LogP) is 2.50. The zero-order valence-electron chi connectivity index (χ0n) is 9.21. The van der Waals surface area contributed by atoms with Crippen LogP contribution in [0.5, 0.6) is 0 Å². The number of halogens is 1. The molecule has 7 heteroatoms. The summed E-state index contributed by atoms with van der Waals surface area (Å²) >= 11 is 4.76. The normalized spacial score (nSPS) is 21.3. The minimum Gasteiger partial charge on any atom is -0.318 e. The van der Waals surface area contributed by atoms with Crippen molar-refractivity contribution in [2.75, 3.05) is 12.3 Å². The Bertz CT molecular complexity index is 650. The lowest BCUT2D eigenvalue weighted by Crippen LogP contribution is -2.34. The van der Waals surface area contributed by atoms with Crippen LogP contribution >= 0.6 is 27.7 Å². The van der Waals surface area contributed by atoms with Crippen LogP contribution in [0.4, 0.5) is 0 Å². The molecule has 1 aromatic carbocycles. The van der Waals surface area contributed by atoms with Gasteiger partial charge in [0.2, 0.25) is 0 Å². The van der Waals surface area contributed by atoms with E-state index in [9.17, 15) is 8.42 Å². The predicted molar refractivity (Wildman–Crippen MR) is 77.6 cm³/mol. The molecule has 3 rings (SSSR count). The van der Waals surface area contributed by atoms with Gasteiger partial charge in [-0.25, -0.2) is 8.42 Å². The fourth-order valence-corrected chi connectivity index (χ4v) is 4.26. The summed E-state index contributed by atoms with van der Waals surface area (Å²) in [5.74, 6) is 0.0743. The number of hydrogen-bond donors (Lipinski definition) is 0. The molecule has 0 N–H and O–H groups in total. The van der Waals surface area contributed by atoms with Crippen molar-refractivity contribution in [3.05, 3.63) is 39.7 Å². The van der Waals surface area contributed by atoms with Crippen molar-refractivity contribution in [2.45, 2.75) is 0 Å². The number of thioether (sulfide) groups is 1. The van der Waals surface area contributed by atoms with Gasteiger partial charge in [-0.1, -0.05) is 39.8 Å². The van der Waals surface area contributed by atoms with Gasteiger partial charge in [0.05, 0.1) is 11.4 Å². The average Bonchev–Trinajstić information content (AvgIpc) is 2.71. The van der Waals surface area contributed by atoms with Crippen LogP contribution < -0.4 is 0 Å². The molecule has 94 valence electrons. The van der Waals surface area contributed by atoms with E-state index in [2.05, 4.69) is 20.3 Å². The Kier molecular flexibility index (Phi) is 2.99. The van der Waals surface area contributed by atoms with Crippen molar-refractivity contribution in [3.63, 3.8) is 0 Å².